The van der Waals surface area contributed by atoms with Crippen molar-refractivity contribution in [1.29, 1.82) is 0 Å². The van der Waals surface area contributed by atoms with Crippen LogP contribution in [0.15, 0.2) is 48.5 Å². The number of nitrogens with zero attached hydrogens (tertiary/aromatic N) is 2. The van der Waals surface area contributed by atoms with Crippen molar-refractivity contribution in [2.75, 3.05) is 34.3 Å². The van der Waals surface area contributed by atoms with Crippen LogP contribution in [0.5, 0.6) is 5.75 Å². The highest BCUT2D eigenvalue weighted by Crippen LogP contribution is 2.16. The van der Waals surface area contributed by atoms with Crippen LogP contribution >= 0.6 is 0 Å². The van der Waals surface area contributed by atoms with Gasteiger partial charge in [-0.25, -0.2) is 4.79 Å². The van der Waals surface area contributed by atoms with E-state index in [4.69, 9.17) is 9.84 Å². The fourth-order valence-electron chi connectivity index (χ4n) is 2.60. The van der Waals surface area contributed by atoms with Gasteiger partial charge in [0.15, 0.2) is 0 Å². The predicted molar refractivity (Wildman–Crippen MR) is 99.1 cm³/mol. The Morgan fingerprint density at radius 2 is 1.68 bits per heavy atom. The summed E-state index contributed by atoms with van der Waals surface area (Å²) in [5, 5.41) is 9.02. The summed E-state index contributed by atoms with van der Waals surface area (Å²) in [4.78, 5) is 15.5. The van der Waals surface area contributed by atoms with Gasteiger partial charge < -0.3 is 14.7 Å². The average Bonchev–Trinajstić information content (AvgIpc) is 2.60. The number of carboxylic acid groups (broad SMARTS) is 1. The Morgan fingerprint density at radius 3 is 2.28 bits per heavy atom. The summed E-state index contributed by atoms with van der Waals surface area (Å²) in [6.07, 6.45) is 0. The zero-order valence-corrected chi connectivity index (χ0v) is 15.1. The largest absolute Gasteiger partial charge is 0.497 e. The van der Waals surface area contributed by atoms with Gasteiger partial charge in [0.25, 0.3) is 0 Å². The standard InChI is InChI=1S/C20H26N2O3/c1-21(2)11-12-22(15-17-5-4-6-19(13-17)25-3)14-16-7-9-18(10-8-16)20(23)24/h4-10,13H,11-12,14-15H2,1-3H3,(H,23,24). The number of benzene rings is 2. The lowest BCUT2D eigenvalue weighted by atomic mass is 10.1. The van der Waals surface area contributed by atoms with Gasteiger partial charge in [-0.1, -0.05) is 24.3 Å². The molecule has 0 aliphatic carbocycles. The van der Waals surface area contributed by atoms with Gasteiger partial charge in [0.05, 0.1) is 12.7 Å². The van der Waals surface area contributed by atoms with E-state index >= 15 is 0 Å². The molecular weight excluding hydrogens is 316 g/mol. The molecule has 25 heavy (non-hydrogen) atoms. The van der Waals surface area contributed by atoms with E-state index in [0.29, 0.717) is 5.56 Å². The molecule has 0 amide bonds. The highest BCUT2D eigenvalue weighted by atomic mass is 16.5. The third kappa shape index (κ3) is 6.21. The van der Waals surface area contributed by atoms with Crippen LogP contribution in [0.3, 0.4) is 0 Å². The number of carbonyl (C=O) groups is 1. The highest BCUT2D eigenvalue weighted by Gasteiger charge is 2.10. The zero-order chi connectivity index (χ0) is 18.2. The van der Waals surface area contributed by atoms with Gasteiger partial charge >= 0.3 is 5.97 Å². The van der Waals surface area contributed by atoms with Crippen molar-refractivity contribution < 1.29 is 14.6 Å². The molecule has 0 atom stereocenters. The lowest BCUT2D eigenvalue weighted by molar-refractivity contribution is 0.0697. The molecule has 0 heterocycles. The molecule has 0 aliphatic heterocycles. The van der Waals surface area contributed by atoms with Gasteiger partial charge in [-0.15, -0.1) is 0 Å². The van der Waals surface area contributed by atoms with E-state index in [1.165, 1.54) is 5.56 Å². The van der Waals surface area contributed by atoms with Crippen molar-refractivity contribution in [3.05, 3.63) is 65.2 Å². The third-order valence-corrected chi connectivity index (χ3v) is 4.01. The van der Waals surface area contributed by atoms with Crippen LogP contribution in [0, 0.1) is 0 Å². The number of rotatable bonds is 9. The molecule has 0 fully saturated rings. The van der Waals surface area contributed by atoms with Crippen molar-refractivity contribution >= 4 is 5.97 Å². The number of hydrogen-bond acceptors (Lipinski definition) is 4. The number of ether oxygens (including phenoxy) is 1. The molecule has 2 aromatic carbocycles. The Labute approximate surface area is 149 Å². The monoisotopic (exact) mass is 342 g/mol. The van der Waals surface area contributed by atoms with Crippen LogP contribution < -0.4 is 4.74 Å². The molecule has 0 saturated heterocycles. The molecule has 5 nitrogen and oxygen atoms in total. The number of aromatic carboxylic acids is 1. The first-order valence-corrected chi connectivity index (χ1v) is 8.30. The summed E-state index contributed by atoms with van der Waals surface area (Å²) in [7, 11) is 5.80. The lowest BCUT2D eigenvalue weighted by Crippen LogP contribution is -2.31. The minimum Gasteiger partial charge on any atom is -0.497 e. The second-order valence-electron chi connectivity index (χ2n) is 6.37. The topological polar surface area (TPSA) is 53.0 Å². The van der Waals surface area contributed by atoms with E-state index in [1.807, 2.05) is 24.3 Å². The minimum absolute atomic E-state index is 0.316. The molecule has 1 N–H and O–H groups in total. The summed E-state index contributed by atoms with van der Waals surface area (Å²) < 4.78 is 5.31. The lowest BCUT2D eigenvalue weighted by Gasteiger charge is -2.24. The van der Waals surface area contributed by atoms with E-state index in [-0.39, 0.29) is 0 Å². The normalized spacial score (nSPS) is 11.1. The summed E-state index contributed by atoms with van der Waals surface area (Å²) >= 11 is 0. The van der Waals surface area contributed by atoms with E-state index in [0.717, 1.165) is 37.5 Å². The van der Waals surface area contributed by atoms with E-state index in [1.54, 1.807) is 19.2 Å². The summed E-state index contributed by atoms with van der Waals surface area (Å²) in [6, 6.07) is 15.2. The van der Waals surface area contributed by atoms with Crippen molar-refractivity contribution in [2.24, 2.45) is 0 Å². The van der Waals surface area contributed by atoms with E-state index in [2.05, 4.69) is 36.0 Å². The molecule has 134 valence electrons. The van der Waals surface area contributed by atoms with Gasteiger partial charge in [0.1, 0.15) is 5.75 Å². The SMILES string of the molecule is COc1cccc(CN(CCN(C)C)Cc2ccc(C(=O)O)cc2)c1. The van der Waals surface area contributed by atoms with Gasteiger partial charge in [-0.2, -0.15) is 0 Å². The van der Waals surface area contributed by atoms with E-state index in [9.17, 15) is 4.79 Å². The zero-order valence-electron chi connectivity index (χ0n) is 15.1. The van der Waals surface area contributed by atoms with Gasteiger partial charge in [-0.05, 0) is 49.5 Å². The minimum atomic E-state index is -0.896. The molecule has 0 saturated carbocycles. The molecule has 0 unspecified atom stereocenters. The maximum atomic E-state index is 11.0. The highest BCUT2D eigenvalue weighted by molar-refractivity contribution is 5.87. The quantitative estimate of drug-likeness (QED) is 0.759. The Hall–Kier alpha value is -2.37. The Bertz CT molecular complexity index is 684. The second-order valence-corrected chi connectivity index (χ2v) is 6.37. The fourth-order valence-corrected chi connectivity index (χ4v) is 2.60. The van der Waals surface area contributed by atoms with E-state index < -0.39 is 5.97 Å². The molecule has 0 aliphatic rings. The smallest absolute Gasteiger partial charge is 0.335 e. The van der Waals surface area contributed by atoms with Gasteiger partial charge in [0.2, 0.25) is 0 Å². The molecule has 5 heteroatoms. The summed E-state index contributed by atoms with van der Waals surface area (Å²) in [6.45, 7) is 3.46. The Morgan fingerprint density at radius 1 is 1.00 bits per heavy atom. The maximum absolute atomic E-state index is 11.0. The number of methoxy groups -OCH3 is 1. The van der Waals surface area contributed by atoms with Gasteiger partial charge in [-0.3, -0.25) is 4.90 Å². The van der Waals surface area contributed by atoms with Crippen LogP contribution in [0.1, 0.15) is 21.5 Å². The number of carboxylic acids is 1. The number of hydrogen-bond donors (Lipinski definition) is 1. The maximum Gasteiger partial charge on any atom is 0.335 e. The predicted octanol–water partition coefficient (Wildman–Crippen LogP) is 2.96. The van der Waals surface area contributed by atoms with Crippen LogP contribution in [0.2, 0.25) is 0 Å². The Balaban J connectivity index is 2.09. The first-order valence-electron chi connectivity index (χ1n) is 8.30. The average molecular weight is 342 g/mol. The number of likely N-dealkylation sites (N-methyl/N-ethyl adjacent to an activating group) is 1. The van der Waals surface area contributed by atoms with Crippen molar-refractivity contribution in [1.82, 2.24) is 9.80 Å². The summed E-state index contributed by atoms with van der Waals surface area (Å²) in [5.41, 5.74) is 2.61. The molecule has 2 rings (SSSR count). The Kier molecular flexibility index (Phi) is 6.98. The third-order valence-electron chi connectivity index (χ3n) is 4.01. The first-order chi connectivity index (χ1) is 12.0. The molecule has 0 bridgehead atoms. The van der Waals surface area contributed by atoms with Crippen molar-refractivity contribution in [2.45, 2.75) is 13.1 Å². The van der Waals surface area contributed by atoms with Crippen LogP contribution in [0.25, 0.3) is 0 Å². The van der Waals surface area contributed by atoms with Crippen molar-refractivity contribution in [3.63, 3.8) is 0 Å². The molecule has 0 spiro atoms. The molecule has 0 radical (unpaired) electrons. The molecule has 0 aromatic heterocycles. The molecular formula is C20H26N2O3. The van der Waals surface area contributed by atoms with Crippen LogP contribution in [0.4, 0.5) is 0 Å². The first kappa shape index (κ1) is 19.0. The fraction of sp³-hybridized carbons (Fsp3) is 0.350. The van der Waals surface area contributed by atoms with Crippen LogP contribution in [-0.4, -0.2) is 55.2 Å². The van der Waals surface area contributed by atoms with Crippen LogP contribution in [-0.2, 0) is 13.1 Å². The van der Waals surface area contributed by atoms with Crippen molar-refractivity contribution in [3.8, 4) is 5.75 Å². The summed E-state index contributed by atoms with van der Waals surface area (Å²) in [5.74, 6) is -0.0386. The second kappa shape index (κ2) is 9.20. The van der Waals surface area contributed by atoms with Gasteiger partial charge in [0, 0.05) is 26.2 Å². The molecule has 2 aromatic rings.